The Morgan fingerprint density at radius 2 is 2.33 bits per heavy atom. The Balaban J connectivity index is 2.07. The number of nitrogens with one attached hydrogen (secondary N) is 1. The van der Waals surface area contributed by atoms with Gasteiger partial charge in [0.2, 0.25) is 0 Å². The molecule has 15 heavy (non-hydrogen) atoms. The summed E-state index contributed by atoms with van der Waals surface area (Å²) in [5, 5.41) is 5.13. The van der Waals surface area contributed by atoms with Gasteiger partial charge < -0.3 is 5.32 Å². The maximum Gasteiger partial charge on any atom is 0.125 e. The first-order valence-electron chi connectivity index (χ1n) is 4.63. The molecule has 1 aromatic carbocycles. The van der Waals surface area contributed by atoms with Gasteiger partial charge >= 0.3 is 0 Å². The van der Waals surface area contributed by atoms with Crippen molar-refractivity contribution in [1.82, 2.24) is 4.98 Å². The summed E-state index contributed by atoms with van der Waals surface area (Å²) in [6.45, 7) is 2.58. The molecule has 1 N–H and O–H groups in total. The van der Waals surface area contributed by atoms with Crippen molar-refractivity contribution < 1.29 is 4.39 Å². The van der Waals surface area contributed by atoms with Crippen LogP contribution in [0, 0.1) is 12.7 Å². The van der Waals surface area contributed by atoms with E-state index < -0.39 is 0 Å². The van der Waals surface area contributed by atoms with E-state index in [2.05, 4.69) is 10.3 Å². The van der Waals surface area contributed by atoms with Crippen LogP contribution in [0.1, 0.15) is 11.3 Å². The van der Waals surface area contributed by atoms with Gasteiger partial charge in [0.05, 0.1) is 17.7 Å². The van der Waals surface area contributed by atoms with Crippen molar-refractivity contribution in [3.05, 3.63) is 46.2 Å². The summed E-state index contributed by atoms with van der Waals surface area (Å²) in [5.74, 6) is -0.221. The number of aryl methyl sites for hydroxylation is 1. The highest BCUT2D eigenvalue weighted by Gasteiger charge is 2.00. The standard InChI is InChI=1S/C11H11FN2S/c1-8-2-3-9(12)4-11(8)13-5-10-6-15-7-14-10/h2-4,6-7,13H,5H2,1H3. The molecule has 2 rings (SSSR count). The molecule has 2 aromatic rings. The Kier molecular flexibility index (Phi) is 2.97. The topological polar surface area (TPSA) is 24.9 Å². The maximum atomic E-state index is 13.0. The van der Waals surface area contributed by atoms with Gasteiger partial charge in [0.1, 0.15) is 5.82 Å². The molecule has 0 radical (unpaired) electrons. The highest BCUT2D eigenvalue weighted by atomic mass is 32.1. The quantitative estimate of drug-likeness (QED) is 0.862. The highest BCUT2D eigenvalue weighted by Crippen LogP contribution is 2.16. The number of nitrogens with zero attached hydrogens (tertiary/aromatic N) is 1. The van der Waals surface area contributed by atoms with Crippen molar-refractivity contribution in [3.8, 4) is 0 Å². The Bertz CT molecular complexity index is 440. The van der Waals surface area contributed by atoms with Crippen molar-refractivity contribution in [2.45, 2.75) is 13.5 Å². The van der Waals surface area contributed by atoms with Crippen LogP contribution in [-0.2, 0) is 6.54 Å². The van der Waals surface area contributed by atoms with E-state index in [0.717, 1.165) is 16.9 Å². The molecule has 2 nitrogen and oxygen atoms in total. The summed E-state index contributed by atoms with van der Waals surface area (Å²) in [5.41, 5.74) is 4.62. The largest absolute Gasteiger partial charge is 0.379 e. The summed E-state index contributed by atoms with van der Waals surface area (Å²) in [4.78, 5) is 4.15. The second-order valence-electron chi connectivity index (χ2n) is 3.29. The van der Waals surface area contributed by atoms with Crippen LogP contribution in [0.2, 0.25) is 0 Å². The molecule has 0 aliphatic rings. The minimum Gasteiger partial charge on any atom is -0.379 e. The summed E-state index contributed by atoms with van der Waals surface area (Å²) >= 11 is 1.56. The molecule has 0 unspecified atom stereocenters. The number of hydrogen-bond donors (Lipinski definition) is 1. The fourth-order valence-corrected chi connectivity index (χ4v) is 1.85. The number of halogens is 1. The van der Waals surface area contributed by atoms with Crippen molar-refractivity contribution in [2.75, 3.05) is 5.32 Å². The van der Waals surface area contributed by atoms with Crippen LogP contribution in [0.4, 0.5) is 10.1 Å². The first-order valence-corrected chi connectivity index (χ1v) is 5.57. The second-order valence-corrected chi connectivity index (χ2v) is 4.01. The maximum absolute atomic E-state index is 13.0. The molecular formula is C11H11FN2S. The van der Waals surface area contributed by atoms with E-state index in [0.29, 0.717) is 6.54 Å². The van der Waals surface area contributed by atoms with E-state index >= 15 is 0 Å². The van der Waals surface area contributed by atoms with Gasteiger partial charge in [-0.2, -0.15) is 0 Å². The Morgan fingerprint density at radius 1 is 1.47 bits per heavy atom. The molecule has 0 atom stereocenters. The van der Waals surface area contributed by atoms with Crippen molar-refractivity contribution in [2.24, 2.45) is 0 Å². The molecule has 0 saturated carbocycles. The number of anilines is 1. The van der Waals surface area contributed by atoms with Gasteiger partial charge in [-0.3, -0.25) is 0 Å². The third kappa shape index (κ3) is 2.53. The van der Waals surface area contributed by atoms with Crippen LogP contribution in [0.5, 0.6) is 0 Å². The molecule has 78 valence electrons. The molecule has 0 aliphatic carbocycles. The second kappa shape index (κ2) is 4.40. The van der Waals surface area contributed by atoms with Gasteiger partial charge in [-0.05, 0) is 24.6 Å². The number of rotatable bonds is 3. The first-order chi connectivity index (χ1) is 7.25. The summed E-state index contributed by atoms with van der Waals surface area (Å²) in [7, 11) is 0. The molecule has 0 spiro atoms. The first kappa shape index (κ1) is 10.1. The molecule has 1 aromatic heterocycles. The van der Waals surface area contributed by atoms with Gasteiger partial charge in [-0.25, -0.2) is 9.37 Å². The molecule has 1 heterocycles. The molecule has 0 amide bonds. The normalized spacial score (nSPS) is 10.3. The number of thiazole rings is 1. The molecule has 4 heteroatoms. The lowest BCUT2D eigenvalue weighted by molar-refractivity contribution is 0.628. The van der Waals surface area contributed by atoms with Crippen LogP contribution in [0.15, 0.2) is 29.1 Å². The summed E-state index contributed by atoms with van der Waals surface area (Å²) < 4.78 is 13.0. The smallest absolute Gasteiger partial charge is 0.125 e. The zero-order valence-electron chi connectivity index (χ0n) is 8.33. The van der Waals surface area contributed by atoms with Crippen LogP contribution in [-0.4, -0.2) is 4.98 Å². The van der Waals surface area contributed by atoms with Gasteiger partial charge in [0.15, 0.2) is 0 Å². The van der Waals surface area contributed by atoms with E-state index in [-0.39, 0.29) is 5.82 Å². The third-order valence-electron chi connectivity index (χ3n) is 2.14. The summed E-state index contributed by atoms with van der Waals surface area (Å²) in [6.07, 6.45) is 0. The molecule has 0 fully saturated rings. The fourth-order valence-electron chi connectivity index (χ4n) is 1.30. The average Bonchev–Trinajstić information content (AvgIpc) is 2.72. The third-order valence-corrected chi connectivity index (χ3v) is 2.78. The lowest BCUT2D eigenvalue weighted by atomic mass is 10.2. The van der Waals surface area contributed by atoms with Crippen molar-refractivity contribution in [3.63, 3.8) is 0 Å². The number of benzene rings is 1. The molecule has 0 saturated heterocycles. The predicted molar refractivity (Wildman–Crippen MR) is 60.6 cm³/mol. The fraction of sp³-hybridized carbons (Fsp3) is 0.182. The van der Waals surface area contributed by atoms with Gasteiger partial charge in [0, 0.05) is 11.1 Å². The van der Waals surface area contributed by atoms with Gasteiger partial charge in [0.25, 0.3) is 0 Å². The lowest BCUT2D eigenvalue weighted by Crippen LogP contribution is -2.01. The van der Waals surface area contributed by atoms with Crippen LogP contribution < -0.4 is 5.32 Å². The minimum atomic E-state index is -0.221. The van der Waals surface area contributed by atoms with Crippen molar-refractivity contribution >= 4 is 17.0 Å². The summed E-state index contributed by atoms with van der Waals surface area (Å²) in [6, 6.07) is 4.73. The molecule has 0 aliphatic heterocycles. The Morgan fingerprint density at radius 3 is 3.07 bits per heavy atom. The van der Waals surface area contributed by atoms with E-state index in [1.165, 1.54) is 12.1 Å². The predicted octanol–water partition coefficient (Wildman–Crippen LogP) is 3.20. The van der Waals surface area contributed by atoms with Crippen LogP contribution in [0.25, 0.3) is 0 Å². The zero-order chi connectivity index (χ0) is 10.7. The highest BCUT2D eigenvalue weighted by molar-refractivity contribution is 7.07. The Hall–Kier alpha value is -1.42. The molecule has 0 bridgehead atoms. The van der Waals surface area contributed by atoms with E-state index in [9.17, 15) is 4.39 Å². The van der Waals surface area contributed by atoms with E-state index in [4.69, 9.17) is 0 Å². The Labute approximate surface area is 91.8 Å². The lowest BCUT2D eigenvalue weighted by Gasteiger charge is -2.07. The average molecular weight is 222 g/mol. The van der Waals surface area contributed by atoms with Crippen molar-refractivity contribution in [1.29, 1.82) is 0 Å². The number of hydrogen-bond acceptors (Lipinski definition) is 3. The van der Waals surface area contributed by atoms with E-state index in [1.807, 2.05) is 12.3 Å². The van der Waals surface area contributed by atoms with Crippen LogP contribution in [0.3, 0.4) is 0 Å². The van der Waals surface area contributed by atoms with Crippen LogP contribution >= 0.6 is 11.3 Å². The van der Waals surface area contributed by atoms with Gasteiger partial charge in [-0.15, -0.1) is 11.3 Å². The zero-order valence-corrected chi connectivity index (χ0v) is 9.14. The van der Waals surface area contributed by atoms with E-state index in [1.54, 1.807) is 22.9 Å². The number of aromatic nitrogens is 1. The molecular weight excluding hydrogens is 211 g/mol. The van der Waals surface area contributed by atoms with Gasteiger partial charge in [-0.1, -0.05) is 6.07 Å². The monoisotopic (exact) mass is 222 g/mol. The minimum absolute atomic E-state index is 0.221. The SMILES string of the molecule is Cc1ccc(F)cc1NCc1cscn1.